The Kier molecular flexibility index (Phi) is 3.19. The van der Waals surface area contributed by atoms with E-state index < -0.39 is 11.4 Å². The van der Waals surface area contributed by atoms with Gasteiger partial charge in [0.15, 0.2) is 0 Å². The lowest BCUT2D eigenvalue weighted by molar-refractivity contribution is 0.0695. The molecule has 0 aliphatic rings. The summed E-state index contributed by atoms with van der Waals surface area (Å²) in [7, 11) is 0. The molecule has 1 heterocycles. The Bertz CT molecular complexity index is 661. The first-order chi connectivity index (χ1) is 8.04. The summed E-state index contributed by atoms with van der Waals surface area (Å²) in [5, 5.41) is 9.32. The van der Waals surface area contributed by atoms with Crippen molar-refractivity contribution in [3.8, 4) is 0 Å². The number of nitrogens with one attached hydrogen (secondary N) is 1. The highest BCUT2D eigenvalue weighted by atomic mass is 127. The van der Waals surface area contributed by atoms with E-state index in [4.69, 9.17) is 5.11 Å². The van der Waals surface area contributed by atoms with E-state index in [1.165, 1.54) is 6.20 Å². The lowest BCUT2D eigenvalue weighted by atomic mass is 10.1. The van der Waals surface area contributed by atoms with Crippen LogP contribution in [0.5, 0.6) is 0 Å². The Labute approximate surface area is 111 Å². The van der Waals surface area contributed by atoms with Crippen LogP contribution in [0.1, 0.15) is 22.8 Å². The number of carboxylic acid groups (broad SMARTS) is 1. The van der Waals surface area contributed by atoms with E-state index in [0.717, 1.165) is 15.6 Å². The Morgan fingerprint density at radius 3 is 2.76 bits per heavy atom. The molecule has 0 aliphatic carbocycles. The fraction of sp³-hybridized carbons (Fsp3) is 0.167. The summed E-state index contributed by atoms with van der Waals surface area (Å²) in [6.45, 7) is 2.00. The van der Waals surface area contributed by atoms with Crippen LogP contribution in [-0.2, 0) is 6.42 Å². The number of carboxylic acids is 1. The Balaban J connectivity index is 2.85. The lowest BCUT2D eigenvalue weighted by Gasteiger charge is -2.05. The second kappa shape index (κ2) is 4.48. The number of aromatic nitrogens is 1. The molecule has 2 rings (SSSR count). The van der Waals surface area contributed by atoms with Crippen molar-refractivity contribution in [2.45, 2.75) is 13.3 Å². The number of aryl methyl sites for hydroxylation is 1. The monoisotopic (exact) mass is 343 g/mol. The van der Waals surface area contributed by atoms with Gasteiger partial charge in [-0.15, -0.1) is 0 Å². The largest absolute Gasteiger partial charge is 0.477 e. The first-order valence-corrected chi connectivity index (χ1v) is 6.19. The van der Waals surface area contributed by atoms with Crippen LogP contribution in [0.25, 0.3) is 10.9 Å². The molecule has 0 saturated carbocycles. The molecule has 5 heteroatoms. The molecule has 0 unspecified atom stereocenters. The SMILES string of the molecule is CCc1cc2c(=O)c(C(=O)O)c[nH]c2cc1I. The van der Waals surface area contributed by atoms with Gasteiger partial charge < -0.3 is 10.1 Å². The number of pyridine rings is 1. The van der Waals surface area contributed by atoms with Gasteiger partial charge in [-0.1, -0.05) is 6.92 Å². The van der Waals surface area contributed by atoms with E-state index in [1.807, 2.05) is 13.0 Å². The number of halogens is 1. The Morgan fingerprint density at radius 2 is 2.18 bits per heavy atom. The Hall–Kier alpha value is -1.37. The van der Waals surface area contributed by atoms with Crippen LogP contribution in [0, 0.1) is 3.57 Å². The summed E-state index contributed by atoms with van der Waals surface area (Å²) in [5.41, 5.74) is 1.06. The van der Waals surface area contributed by atoms with Crippen LogP contribution in [0.2, 0.25) is 0 Å². The van der Waals surface area contributed by atoms with Gasteiger partial charge in [0.05, 0.1) is 5.52 Å². The summed E-state index contributed by atoms with van der Waals surface area (Å²) >= 11 is 2.20. The van der Waals surface area contributed by atoms with Crippen molar-refractivity contribution in [2.75, 3.05) is 0 Å². The van der Waals surface area contributed by atoms with Gasteiger partial charge in [-0.25, -0.2) is 4.79 Å². The Morgan fingerprint density at radius 1 is 1.47 bits per heavy atom. The van der Waals surface area contributed by atoms with Crippen molar-refractivity contribution >= 4 is 39.5 Å². The molecule has 2 N–H and O–H groups in total. The highest BCUT2D eigenvalue weighted by Gasteiger charge is 2.12. The molecule has 1 aromatic heterocycles. The zero-order chi connectivity index (χ0) is 12.6. The third-order valence-electron chi connectivity index (χ3n) is 2.66. The van der Waals surface area contributed by atoms with Crippen molar-refractivity contribution in [1.29, 1.82) is 0 Å². The molecular formula is C12H10INO3. The van der Waals surface area contributed by atoms with Crippen LogP contribution >= 0.6 is 22.6 Å². The van der Waals surface area contributed by atoms with Crippen molar-refractivity contribution in [3.63, 3.8) is 0 Å². The second-order valence-corrected chi connectivity index (χ2v) is 4.84. The molecule has 0 radical (unpaired) electrons. The van der Waals surface area contributed by atoms with Crippen molar-refractivity contribution in [2.24, 2.45) is 0 Å². The minimum Gasteiger partial charge on any atom is -0.477 e. The summed E-state index contributed by atoms with van der Waals surface area (Å²) < 4.78 is 1.07. The molecule has 17 heavy (non-hydrogen) atoms. The number of aromatic amines is 1. The van der Waals surface area contributed by atoms with E-state index >= 15 is 0 Å². The minimum atomic E-state index is -1.20. The van der Waals surface area contributed by atoms with Crippen LogP contribution in [-0.4, -0.2) is 16.1 Å². The van der Waals surface area contributed by atoms with Crippen molar-refractivity contribution < 1.29 is 9.90 Å². The lowest BCUT2D eigenvalue weighted by Crippen LogP contribution is -2.15. The smallest absolute Gasteiger partial charge is 0.341 e. The maximum absolute atomic E-state index is 11.9. The number of carbonyl (C=O) groups is 1. The van der Waals surface area contributed by atoms with Gasteiger partial charge in [-0.05, 0) is 46.7 Å². The number of aromatic carboxylic acids is 1. The normalized spacial score (nSPS) is 10.7. The van der Waals surface area contributed by atoms with Gasteiger partial charge in [0.25, 0.3) is 0 Å². The third-order valence-corrected chi connectivity index (χ3v) is 3.66. The number of hydrogen-bond donors (Lipinski definition) is 2. The standard InChI is InChI=1S/C12H10INO3/c1-2-6-3-7-10(4-9(6)13)14-5-8(11(7)15)12(16)17/h3-5H,2H2,1H3,(H,14,15)(H,16,17). The first kappa shape index (κ1) is 12.1. The summed E-state index contributed by atoms with van der Waals surface area (Å²) in [4.78, 5) is 25.7. The predicted octanol–water partition coefficient (Wildman–Crippen LogP) is 2.39. The molecule has 0 atom stereocenters. The molecule has 0 spiro atoms. The van der Waals surface area contributed by atoms with E-state index in [2.05, 4.69) is 27.6 Å². The third kappa shape index (κ3) is 2.06. The highest BCUT2D eigenvalue weighted by Crippen LogP contribution is 2.19. The van der Waals surface area contributed by atoms with Crippen LogP contribution in [0.15, 0.2) is 23.1 Å². The number of benzene rings is 1. The number of rotatable bonds is 2. The van der Waals surface area contributed by atoms with Gasteiger partial charge in [0.1, 0.15) is 5.56 Å². The van der Waals surface area contributed by atoms with Gasteiger partial charge in [0, 0.05) is 15.2 Å². The van der Waals surface area contributed by atoms with Crippen molar-refractivity contribution in [1.82, 2.24) is 4.98 Å². The van der Waals surface area contributed by atoms with E-state index in [9.17, 15) is 9.59 Å². The molecular weight excluding hydrogens is 333 g/mol. The molecule has 88 valence electrons. The quantitative estimate of drug-likeness (QED) is 0.823. The molecule has 4 nitrogen and oxygen atoms in total. The van der Waals surface area contributed by atoms with Gasteiger partial charge >= 0.3 is 5.97 Å². The number of H-pyrrole nitrogens is 1. The van der Waals surface area contributed by atoms with Crippen molar-refractivity contribution in [3.05, 3.63) is 43.2 Å². The fourth-order valence-corrected chi connectivity index (χ4v) is 2.56. The number of hydrogen-bond acceptors (Lipinski definition) is 2. The molecule has 0 saturated heterocycles. The van der Waals surface area contributed by atoms with E-state index in [-0.39, 0.29) is 5.56 Å². The molecule has 1 aromatic carbocycles. The second-order valence-electron chi connectivity index (χ2n) is 3.68. The zero-order valence-corrected chi connectivity index (χ0v) is 11.2. The molecule has 0 amide bonds. The fourth-order valence-electron chi connectivity index (χ4n) is 1.72. The maximum Gasteiger partial charge on any atom is 0.341 e. The number of fused-ring (bicyclic) bond motifs is 1. The van der Waals surface area contributed by atoms with Crippen LogP contribution < -0.4 is 5.43 Å². The van der Waals surface area contributed by atoms with Crippen LogP contribution in [0.3, 0.4) is 0 Å². The minimum absolute atomic E-state index is 0.222. The zero-order valence-electron chi connectivity index (χ0n) is 9.08. The van der Waals surface area contributed by atoms with Gasteiger partial charge in [0.2, 0.25) is 5.43 Å². The molecule has 0 aliphatic heterocycles. The summed E-state index contributed by atoms with van der Waals surface area (Å²) in [6.07, 6.45) is 2.06. The summed E-state index contributed by atoms with van der Waals surface area (Å²) in [5.74, 6) is -1.20. The molecule has 2 aromatic rings. The maximum atomic E-state index is 11.9. The summed E-state index contributed by atoms with van der Waals surface area (Å²) in [6, 6.07) is 3.63. The topological polar surface area (TPSA) is 70.2 Å². The van der Waals surface area contributed by atoms with Gasteiger partial charge in [-0.3, -0.25) is 4.79 Å². The van der Waals surface area contributed by atoms with E-state index in [1.54, 1.807) is 6.07 Å². The van der Waals surface area contributed by atoms with Gasteiger partial charge in [-0.2, -0.15) is 0 Å². The van der Waals surface area contributed by atoms with Crippen LogP contribution in [0.4, 0.5) is 0 Å². The average Bonchev–Trinajstić information content (AvgIpc) is 2.28. The highest BCUT2D eigenvalue weighted by molar-refractivity contribution is 14.1. The molecule has 0 bridgehead atoms. The average molecular weight is 343 g/mol. The predicted molar refractivity (Wildman–Crippen MR) is 73.6 cm³/mol. The molecule has 0 fully saturated rings. The van der Waals surface area contributed by atoms with E-state index in [0.29, 0.717) is 10.9 Å². The first-order valence-electron chi connectivity index (χ1n) is 5.11.